The molecule has 0 atom stereocenters. The molecule has 22 heavy (non-hydrogen) atoms. The van der Waals surface area contributed by atoms with Crippen LogP contribution in [0.2, 0.25) is 0 Å². The number of benzene rings is 1. The Morgan fingerprint density at radius 3 is 2.14 bits per heavy atom. The Labute approximate surface area is 128 Å². The molecule has 1 N–H and O–H groups in total. The highest BCUT2D eigenvalue weighted by molar-refractivity contribution is 5.54. The molecule has 0 radical (unpaired) electrons. The number of ether oxygens (including phenoxy) is 3. The zero-order chi connectivity index (χ0) is 15.5. The van der Waals surface area contributed by atoms with Gasteiger partial charge in [-0.2, -0.15) is 0 Å². The van der Waals surface area contributed by atoms with Crippen LogP contribution in [0.3, 0.4) is 0 Å². The lowest BCUT2D eigenvalue weighted by atomic mass is 10.2. The van der Waals surface area contributed by atoms with E-state index in [0.29, 0.717) is 38.9 Å². The van der Waals surface area contributed by atoms with Crippen molar-refractivity contribution in [2.24, 2.45) is 0 Å². The van der Waals surface area contributed by atoms with Crippen molar-refractivity contribution in [3.63, 3.8) is 0 Å². The molecule has 0 aliphatic heterocycles. The Bertz CT molecular complexity index is 524. The normalized spacial score (nSPS) is 10.6. The topological polar surface area (TPSA) is 99.5 Å². The summed E-state index contributed by atoms with van der Waals surface area (Å²) in [6.45, 7) is 2.23. The maximum atomic E-state index is 8.52. The van der Waals surface area contributed by atoms with Gasteiger partial charge in [-0.3, -0.25) is 0 Å². The summed E-state index contributed by atoms with van der Waals surface area (Å²) in [6, 6.07) is 7.35. The fourth-order valence-electron chi connectivity index (χ4n) is 1.62. The minimum Gasteiger partial charge on any atom is -0.491 e. The van der Waals surface area contributed by atoms with Crippen molar-refractivity contribution in [3.8, 4) is 17.1 Å². The molecule has 1 aromatic heterocycles. The van der Waals surface area contributed by atoms with E-state index in [2.05, 4.69) is 20.4 Å². The summed E-state index contributed by atoms with van der Waals surface area (Å²) in [5.41, 5.74) is 0.824. The van der Waals surface area contributed by atoms with Gasteiger partial charge in [-0.15, -0.1) is 20.4 Å². The molecule has 8 nitrogen and oxygen atoms in total. The van der Waals surface area contributed by atoms with Gasteiger partial charge < -0.3 is 19.3 Å². The Hall–Kier alpha value is -2.16. The first kappa shape index (κ1) is 16.2. The second-order valence-electron chi connectivity index (χ2n) is 4.19. The molecule has 0 saturated carbocycles. The summed E-state index contributed by atoms with van der Waals surface area (Å²) < 4.78 is 15.9. The monoisotopic (exact) mass is 306 g/mol. The molecule has 0 saturated heterocycles. The molecule has 0 unspecified atom stereocenters. The number of aliphatic hydroxyl groups excluding tert-OH is 1. The van der Waals surface area contributed by atoms with E-state index in [1.807, 2.05) is 24.3 Å². The van der Waals surface area contributed by atoms with Crippen LogP contribution in [0.1, 0.15) is 0 Å². The van der Waals surface area contributed by atoms with Gasteiger partial charge in [-0.05, 0) is 24.3 Å². The largest absolute Gasteiger partial charge is 0.491 e. The van der Waals surface area contributed by atoms with Crippen molar-refractivity contribution >= 4 is 0 Å². The highest BCUT2D eigenvalue weighted by Gasteiger charge is 2.02. The maximum Gasteiger partial charge on any atom is 0.203 e. The Morgan fingerprint density at radius 2 is 1.45 bits per heavy atom. The molecule has 2 rings (SSSR count). The van der Waals surface area contributed by atoms with Gasteiger partial charge in [-0.1, -0.05) is 0 Å². The van der Waals surface area contributed by atoms with Gasteiger partial charge in [0.25, 0.3) is 0 Å². The van der Waals surface area contributed by atoms with Crippen molar-refractivity contribution in [2.45, 2.75) is 0 Å². The number of rotatable bonds is 10. The van der Waals surface area contributed by atoms with Crippen LogP contribution in [0, 0.1) is 0 Å². The summed E-state index contributed by atoms with van der Waals surface area (Å²) in [6.07, 6.45) is 1.29. The van der Waals surface area contributed by atoms with Crippen LogP contribution >= 0.6 is 0 Å². The molecule has 0 bridgehead atoms. The van der Waals surface area contributed by atoms with Crippen molar-refractivity contribution in [1.82, 2.24) is 20.4 Å². The van der Waals surface area contributed by atoms with Crippen molar-refractivity contribution in [2.75, 3.05) is 39.6 Å². The minimum atomic E-state index is 0.0270. The molecule has 2 aromatic rings. The van der Waals surface area contributed by atoms with Crippen LogP contribution in [0.5, 0.6) is 5.75 Å². The number of aliphatic hydroxyl groups is 1. The highest BCUT2D eigenvalue weighted by atomic mass is 16.5. The quantitative estimate of drug-likeness (QED) is 0.627. The minimum absolute atomic E-state index is 0.0270. The SMILES string of the molecule is OCCOCCOCCOc1ccc(-c2nncnn2)cc1. The highest BCUT2D eigenvalue weighted by Crippen LogP contribution is 2.18. The van der Waals surface area contributed by atoms with Gasteiger partial charge >= 0.3 is 0 Å². The molecule has 0 aliphatic carbocycles. The Balaban J connectivity index is 1.65. The van der Waals surface area contributed by atoms with Crippen molar-refractivity contribution in [3.05, 3.63) is 30.6 Å². The van der Waals surface area contributed by atoms with E-state index in [9.17, 15) is 0 Å². The summed E-state index contributed by atoms with van der Waals surface area (Å²) in [5.74, 6) is 1.21. The second-order valence-corrected chi connectivity index (χ2v) is 4.19. The lowest BCUT2D eigenvalue weighted by molar-refractivity contribution is 0.0247. The molecular weight excluding hydrogens is 288 g/mol. The number of hydrogen-bond acceptors (Lipinski definition) is 8. The average Bonchev–Trinajstić information content (AvgIpc) is 2.59. The lowest BCUT2D eigenvalue weighted by Gasteiger charge is -2.08. The second kappa shape index (κ2) is 9.72. The zero-order valence-corrected chi connectivity index (χ0v) is 12.1. The van der Waals surface area contributed by atoms with E-state index in [0.717, 1.165) is 11.3 Å². The molecule has 0 aliphatic rings. The van der Waals surface area contributed by atoms with Crippen LogP contribution < -0.4 is 4.74 Å². The molecule has 8 heteroatoms. The summed E-state index contributed by atoms with van der Waals surface area (Å²) >= 11 is 0. The standard InChI is InChI=1S/C14H18N4O4/c19-5-6-20-7-8-21-9-10-22-13-3-1-12(2-4-13)14-17-15-11-16-18-14/h1-4,11,19H,5-10H2. The predicted molar refractivity (Wildman–Crippen MR) is 77.3 cm³/mol. The molecular formula is C14H18N4O4. The van der Waals surface area contributed by atoms with Crippen LogP contribution in [0.25, 0.3) is 11.4 Å². The van der Waals surface area contributed by atoms with Crippen LogP contribution in [-0.2, 0) is 9.47 Å². The number of hydrogen-bond donors (Lipinski definition) is 1. The molecule has 118 valence electrons. The molecule has 0 fully saturated rings. The third kappa shape index (κ3) is 5.68. The van der Waals surface area contributed by atoms with Gasteiger partial charge in [0, 0.05) is 5.56 Å². The van der Waals surface area contributed by atoms with Crippen LogP contribution in [0.15, 0.2) is 30.6 Å². The number of aromatic nitrogens is 4. The molecule has 1 heterocycles. The third-order valence-corrected chi connectivity index (χ3v) is 2.62. The average molecular weight is 306 g/mol. The van der Waals surface area contributed by atoms with E-state index in [4.69, 9.17) is 19.3 Å². The van der Waals surface area contributed by atoms with Gasteiger partial charge in [0.05, 0.1) is 33.0 Å². The van der Waals surface area contributed by atoms with Gasteiger partial charge in [0.2, 0.25) is 5.82 Å². The predicted octanol–water partition coefficient (Wildman–Crippen LogP) is 0.338. The first-order valence-electron chi connectivity index (χ1n) is 6.90. The summed E-state index contributed by atoms with van der Waals surface area (Å²) in [5, 5.41) is 23.7. The lowest BCUT2D eigenvalue weighted by Crippen LogP contribution is -2.11. The first-order chi connectivity index (χ1) is 10.9. The molecule has 0 spiro atoms. The zero-order valence-electron chi connectivity index (χ0n) is 12.1. The van der Waals surface area contributed by atoms with E-state index in [1.165, 1.54) is 6.33 Å². The fourth-order valence-corrected chi connectivity index (χ4v) is 1.62. The summed E-state index contributed by atoms with van der Waals surface area (Å²) in [7, 11) is 0. The summed E-state index contributed by atoms with van der Waals surface area (Å²) in [4.78, 5) is 0. The van der Waals surface area contributed by atoms with Crippen molar-refractivity contribution < 1.29 is 19.3 Å². The van der Waals surface area contributed by atoms with E-state index in [1.54, 1.807) is 0 Å². The van der Waals surface area contributed by atoms with E-state index >= 15 is 0 Å². The first-order valence-corrected chi connectivity index (χ1v) is 6.90. The Morgan fingerprint density at radius 1 is 0.818 bits per heavy atom. The van der Waals surface area contributed by atoms with E-state index < -0.39 is 0 Å². The molecule has 1 aromatic carbocycles. The Kier molecular flexibility index (Phi) is 7.16. The van der Waals surface area contributed by atoms with E-state index in [-0.39, 0.29) is 6.61 Å². The van der Waals surface area contributed by atoms with Gasteiger partial charge in [-0.25, -0.2) is 0 Å². The number of nitrogens with zero attached hydrogens (tertiary/aromatic N) is 4. The smallest absolute Gasteiger partial charge is 0.203 e. The fraction of sp³-hybridized carbons (Fsp3) is 0.429. The van der Waals surface area contributed by atoms with Crippen LogP contribution in [-0.4, -0.2) is 65.1 Å². The third-order valence-electron chi connectivity index (χ3n) is 2.62. The van der Waals surface area contributed by atoms with Crippen LogP contribution in [0.4, 0.5) is 0 Å². The maximum absolute atomic E-state index is 8.52. The van der Waals surface area contributed by atoms with Crippen molar-refractivity contribution in [1.29, 1.82) is 0 Å². The van der Waals surface area contributed by atoms with Gasteiger partial charge in [0.1, 0.15) is 12.4 Å². The molecule has 0 amide bonds. The van der Waals surface area contributed by atoms with Gasteiger partial charge in [0.15, 0.2) is 6.33 Å².